The average molecular weight is 331 g/mol. The average Bonchev–Trinajstić information content (AvgIpc) is 2.90. The monoisotopic (exact) mass is 331 g/mol. The van der Waals surface area contributed by atoms with Gasteiger partial charge in [-0.05, 0) is 40.1 Å². The molecule has 0 unspecified atom stereocenters. The van der Waals surface area contributed by atoms with Crippen LogP contribution in [0.1, 0.15) is 33.1 Å². The molecule has 0 spiro atoms. The molecule has 8 nitrogen and oxygen atoms in total. The van der Waals surface area contributed by atoms with Gasteiger partial charge in [-0.25, -0.2) is 0 Å². The molecule has 3 rings (SSSR count). The van der Waals surface area contributed by atoms with Gasteiger partial charge in [0.05, 0.1) is 11.1 Å². The molecular weight excluding hydrogens is 310 g/mol. The van der Waals surface area contributed by atoms with Crippen molar-refractivity contribution in [2.24, 2.45) is 16.8 Å². The van der Waals surface area contributed by atoms with Crippen molar-refractivity contribution in [2.45, 2.75) is 39.2 Å². The molecule has 8 heteroatoms. The van der Waals surface area contributed by atoms with Crippen molar-refractivity contribution in [2.75, 3.05) is 0 Å². The summed E-state index contributed by atoms with van der Waals surface area (Å²) in [6.07, 6.45) is 3.03. The maximum absolute atomic E-state index is 11.4. The van der Waals surface area contributed by atoms with Crippen LogP contribution in [0.15, 0.2) is 35.3 Å². The highest BCUT2D eigenvalue weighted by molar-refractivity contribution is 5.29. The van der Waals surface area contributed by atoms with Crippen LogP contribution in [0.4, 0.5) is 5.82 Å². The van der Waals surface area contributed by atoms with Crippen LogP contribution in [-0.4, -0.2) is 30.9 Å². The van der Waals surface area contributed by atoms with E-state index in [-0.39, 0.29) is 11.5 Å². The number of nitrogens with zero attached hydrogens (tertiary/aromatic N) is 5. The lowest BCUT2D eigenvalue weighted by Gasteiger charge is -2.31. The summed E-state index contributed by atoms with van der Waals surface area (Å²) >= 11 is 0. The second-order valence-corrected chi connectivity index (χ2v) is 6.38. The van der Waals surface area contributed by atoms with Gasteiger partial charge >= 0.3 is 5.82 Å². The van der Waals surface area contributed by atoms with Gasteiger partial charge in [0.15, 0.2) is 0 Å². The Morgan fingerprint density at radius 1 is 1.29 bits per heavy atom. The van der Waals surface area contributed by atoms with Crippen molar-refractivity contribution < 1.29 is 10.1 Å². The van der Waals surface area contributed by atoms with Crippen LogP contribution in [0, 0.1) is 22.0 Å². The lowest BCUT2D eigenvalue weighted by molar-refractivity contribution is -0.391. The first-order valence-corrected chi connectivity index (χ1v) is 8.14. The van der Waals surface area contributed by atoms with Gasteiger partial charge in [-0.3, -0.25) is 4.99 Å². The highest BCUT2D eigenvalue weighted by Gasteiger charge is 2.30. The standard InChI is InChI=1S/C16H21N5O3/c1-11-7-6-10-14(12(11)2)17-15-16(21(23)24)18-19(20(15)22)13-8-4-3-5-9-13/h3-5,8-9,11-12,14,22H,6-7,10H2,1-2H3/t11-,12+,14+/m1/s1. The Labute approximate surface area is 139 Å². The smallest absolute Gasteiger partial charge is 0.409 e. The third kappa shape index (κ3) is 2.91. The maximum Gasteiger partial charge on any atom is 0.438 e. The number of hydrogen-bond donors (Lipinski definition) is 1. The van der Waals surface area contributed by atoms with Gasteiger partial charge in [-0.2, -0.15) is 0 Å². The summed E-state index contributed by atoms with van der Waals surface area (Å²) < 4.78 is 0. The van der Waals surface area contributed by atoms with Crippen LogP contribution in [0.5, 0.6) is 0 Å². The first-order chi connectivity index (χ1) is 11.5. The van der Waals surface area contributed by atoms with Crippen molar-refractivity contribution in [3.63, 3.8) is 0 Å². The molecule has 1 heterocycles. The summed E-state index contributed by atoms with van der Waals surface area (Å²) in [5.74, 6) is 0.369. The van der Waals surface area contributed by atoms with Crippen LogP contribution >= 0.6 is 0 Å². The Hall–Kier alpha value is -2.64. The van der Waals surface area contributed by atoms with E-state index in [2.05, 4.69) is 23.9 Å². The minimum absolute atomic E-state index is 0.0562. The largest absolute Gasteiger partial charge is 0.438 e. The second kappa shape index (κ2) is 6.46. The molecule has 1 aliphatic carbocycles. The topological polar surface area (TPSA) is 98.5 Å². The fourth-order valence-corrected chi connectivity index (χ4v) is 3.21. The zero-order valence-corrected chi connectivity index (χ0v) is 13.7. The third-order valence-corrected chi connectivity index (χ3v) is 4.87. The summed E-state index contributed by atoms with van der Waals surface area (Å²) in [6, 6.07) is 8.71. The fraction of sp³-hybridized carbons (Fsp3) is 0.500. The van der Waals surface area contributed by atoms with Gasteiger partial charge < -0.3 is 15.3 Å². The zero-order valence-electron chi connectivity index (χ0n) is 13.7. The van der Waals surface area contributed by atoms with Crippen LogP contribution < -0.4 is 5.49 Å². The second-order valence-electron chi connectivity index (χ2n) is 6.38. The van der Waals surface area contributed by atoms with Crippen molar-refractivity contribution in [3.05, 3.63) is 45.9 Å². The number of para-hydroxylation sites is 1. The summed E-state index contributed by atoms with van der Waals surface area (Å²) in [5.41, 5.74) is 0.421. The van der Waals surface area contributed by atoms with Crippen LogP contribution in [0.3, 0.4) is 0 Å². The van der Waals surface area contributed by atoms with Gasteiger partial charge in [0.2, 0.25) is 0 Å². The SMILES string of the molecule is C[C@H]1[C@H](C)CCC[C@@H]1N=c1c([N+](=O)[O-])nn(-c2ccccc2)n1O. The zero-order chi connectivity index (χ0) is 17.3. The molecule has 24 heavy (non-hydrogen) atoms. The molecule has 0 bridgehead atoms. The van der Waals surface area contributed by atoms with Crippen molar-refractivity contribution in [1.29, 1.82) is 0 Å². The predicted molar refractivity (Wildman–Crippen MR) is 86.9 cm³/mol. The van der Waals surface area contributed by atoms with Crippen LogP contribution in [0.25, 0.3) is 5.69 Å². The lowest BCUT2D eigenvalue weighted by atomic mass is 9.78. The van der Waals surface area contributed by atoms with E-state index in [9.17, 15) is 15.3 Å². The molecule has 0 aliphatic heterocycles. The Bertz CT molecular complexity index is 796. The van der Waals surface area contributed by atoms with E-state index < -0.39 is 10.7 Å². The molecule has 1 saturated carbocycles. The van der Waals surface area contributed by atoms with Crippen molar-refractivity contribution in [1.82, 2.24) is 14.7 Å². The molecule has 1 N–H and O–H groups in total. The van der Waals surface area contributed by atoms with Gasteiger partial charge in [0.1, 0.15) is 5.69 Å². The molecule has 1 aromatic carbocycles. The highest BCUT2D eigenvalue weighted by atomic mass is 16.6. The first-order valence-electron chi connectivity index (χ1n) is 8.14. The molecule has 1 aliphatic rings. The van der Waals surface area contributed by atoms with Crippen LogP contribution in [0.2, 0.25) is 0 Å². The predicted octanol–water partition coefficient (Wildman–Crippen LogP) is 2.54. The number of hydrogen-bond acceptors (Lipinski definition) is 5. The minimum atomic E-state index is -0.609. The molecule has 0 amide bonds. The summed E-state index contributed by atoms with van der Waals surface area (Å²) in [5, 5.41) is 25.7. The summed E-state index contributed by atoms with van der Waals surface area (Å²) in [4.78, 5) is 17.0. The van der Waals surface area contributed by atoms with Gasteiger partial charge in [-0.1, -0.05) is 49.7 Å². The number of nitro groups is 1. The van der Waals surface area contributed by atoms with Gasteiger partial charge in [0, 0.05) is 0 Å². The molecular formula is C16H21N5O3. The Balaban J connectivity index is 2.11. The Morgan fingerprint density at radius 2 is 2.00 bits per heavy atom. The number of benzene rings is 1. The van der Waals surface area contributed by atoms with Gasteiger partial charge in [0.25, 0.3) is 5.49 Å². The third-order valence-electron chi connectivity index (χ3n) is 4.87. The summed E-state index contributed by atoms with van der Waals surface area (Å²) in [7, 11) is 0. The van der Waals surface area contributed by atoms with E-state index in [1.54, 1.807) is 24.3 Å². The number of aromatic nitrogens is 3. The fourth-order valence-electron chi connectivity index (χ4n) is 3.21. The molecule has 128 valence electrons. The highest BCUT2D eigenvalue weighted by Crippen LogP contribution is 2.31. The molecule has 2 aromatic rings. The van der Waals surface area contributed by atoms with E-state index in [4.69, 9.17) is 0 Å². The van der Waals surface area contributed by atoms with Gasteiger partial charge in [-0.15, -0.1) is 0 Å². The van der Waals surface area contributed by atoms with E-state index in [1.165, 1.54) is 0 Å². The first kappa shape index (κ1) is 16.2. The maximum atomic E-state index is 11.4. The minimum Gasteiger partial charge on any atom is -0.409 e. The molecule has 0 saturated heterocycles. The molecule has 0 radical (unpaired) electrons. The normalized spacial score (nSPS) is 24.9. The lowest BCUT2D eigenvalue weighted by Crippen LogP contribution is -2.32. The quantitative estimate of drug-likeness (QED) is 0.531. The van der Waals surface area contributed by atoms with Crippen molar-refractivity contribution in [3.8, 4) is 5.69 Å². The van der Waals surface area contributed by atoms with E-state index in [0.29, 0.717) is 22.4 Å². The van der Waals surface area contributed by atoms with E-state index in [1.807, 2.05) is 6.07 Å². The molecule has 3 atom stereocenters. The Morgan fingerprint density at radius 3 is 2.67 bits per heavy atom. The molecule has 1 aromatic heterocycles. The van der Waals surface area contributed by atoms with Crippen LogP contribution in [-0.2, 0) is 0 Å². The van der Waals surface area contributed by atoms with E-state index in [0.717, 1.165) is 24.1 Å². The van der Waals surface area contributed by atoms with Crippen molar-refractivity contribution >= 4 is 5.82 Å². The molecule has 1 fully saturated rings. The van der Waals surface area contributed by atoms with E-state index >= 15 is 0 Å². The Kier molecular flexibility index (Phi) is 4.37. The summed E-state index contributed by atoms with van der Waals surface area (Å²) in [6.45, 7) is 4.27. The number of rotatable bonds is 3.